The third kappa shape index (κ3) is 11.1. The summed E-state index contributed by atoms with van der Waals surface area (Å²) in [5.74, 6) is 0.991. The van der Waals surface area contributed by atoms with Gasteiger partial charge in [-0.3, -0.25) is 15.1 Å². The Labute approximate surface area is 201 Å². The lowest BCUT2D eigenvalue weighted by Gasteiger charge is -2.20. The number of halogens is 1. The molecule has 1 aromatic rings. The number of guanidine groups is 1. The van der Waals surface area contributed by atoms with Crippen molar-refractivity contribution in [3.8, 4) is 0 Å². The number of hydrogen-bond donors (Lipinski definition) is 3. The van der Waals surface area contributed by atoms with E-state index in [4.69, 9.17) is 4.74 Å². The van der Waals surface area contributed by atoms with Gasteiger partial charge in [-0.15, -0.1) is 24.0 Å². The molecule has 0 amide bonds. The van der Waals surface area contributed by atoms with Crippen molar-refractivity contribution in [1.82, 2.24) is 15.4 Å². The molecule has 0 aliphatic rings. The molecule has 0 spiro atoms. The summed E-state index contributed by atoms with van der Waals surface area (Å²) in [6.45, 7) is 10.5. The van der Waals surface area contributed by atoms with Gasteiger partial charge in [-0.2, -0.15) is 0 Å². The van der Waals surface area contributed by atoms with Gasteiger partial charge in [-0.25, -0.2) is 13.1 Å². The second-order valence-electron chi connectivity index (χ2n) is 6.87. The van der Waals surface area contributed by atoms with Crippen molar-refractivity contribution < 1.29 is 18.1 Å². The second-order valence-corrected chi connectivity index (χ2v) is 8.63. The Morgan fingerprint density at radius 1 is 1.23 bits per heavy atom. The monoisotopic (exact) mass is 571 g/mol. The van der Waals surface area contributed by atoms with Gasteiger partial charge in [0.25, 0.3) is 5.69 Å². The maximum absolute atomic E-state index is 12.3. The Kier molecular flexibility index (Phi) is 14.6. The average Bonchev–Trinajstić information content (AvgIpc) is 2.70. The third-order valence-corrected chi connectivity index (χ3v) is 5.66. The first-order valence-corrected chi connectivity index (χ1v) is 11.6. The van der Waals surface area contributed by atoms with Gasteiger partial charge in [0.15, 0.2) is 5.96 Å². The van der Waals surface area contributed by atoms with Crippen LogP contribution in [0.4, 0.5) is 5.69 Å². The smallest absolute Gasteiger partial charge is 0.270 e. The SMILES string of the molecule is CCNC(=NCCC(OCC)C(C)C)NCCNS(=O)(=O)c1cccc([N+](=O)[O-])c1.I. The molecule has 0 bridgehead atoms. The number of non-ortho nitro benzene ring substituents is 1. The number of hydrogen-bond acceptors (Lipinski definition) is 6. The first kappa shape index (κ1) is 29.5. The van der Waals surface area contributed by atoms with E-state index in [-0.39, 0.29) is 47.2 Å². The van der Waals surface area contributed by atoms with Crippen molar-refractivity contribution in [2.24, 2.45) is 10.9 Å². The van der Waals surface area contributed by atoms with Crippen molar-refractivity contribution in [1.29, 1.82) is 0 Å². The molecule has 3 N–H and O–H groups in total. The highest BCUT2D eigenvalue weighted by Gasteiger charge is 2.17. The lowest BCUT2D eigenvalue weighted by atomic mass is 10.0. The molecule has 10 nitrogen and oxygen atoms in total. The van der Waals surface area contributed by atoms with Crippen LogP contribution in [0.3, 0.4) is 0 Å². The number of ether oxygens (including phenoxy) is 1. The normalized spacial score (nSPS) is 12.9. The van der Waals surface area contributed by atoms with Gasteiger partial charge < -0.3 is 15.4 Å². The van der Waals surface area contributed by atoms with Crippen molar-refractivity contribution in [2.45, 2.75) is 45.1 Å². The van der Waals surface area contributed by atoms with Crippen LogP contribution >= 0.6 is 24.0 Å². The van der Waals surface area contributed by atoms with Crippen LogP contribution in [-0.4, -0.2) is 58.2 Å². The molecular weight excluding hydrogens is 537 g/mol. The first-order chi connectivity index (χ1) is 14.2. The molecule has 0 saturated heterocycles. The predicted octanol–water partition coefficient (Wildman–Crippen LogP) is 2.50. The highest BCUT2D eigenvalue weighted by atomic mass is 127. The van der Waals surface area contributed by atoms with Crippen LogP contribution in [0.15, 0.2) is 34.2 Å². The van der Waals surface area contributed by atoms with Gasteiger partial charge in [0, 0.05) is 44.9 Å². The molecule has 0 saturated carbocycles. The number of benzene rings is 1. The molecule has 1 atom stereocenters. The van der Waals surface area contributed by atoms with Crippen LogP contribution in [0, 0.1) is 16.0 Å². The molecule has 178 valence electrons. The lowest BCUT2D eigenvalue weighted by Crippen LogP contribution is -2.41. The maximum atomic E-state index is 12.3. The Hall–Kier alpha value is -1.51. The minimum Gasteiger partial charge on any atom is -0.378 e. The number of rotatable bonds is 13. The van der Waals surface area contributed by atoms with Crippen LogP contribution in [0.5, 0.6) is 0 Å². The molecule has 12 heteroatoms. The summed E-state index contributed by atoms with van der Waals surface area (Å²) in [7, 11) is -3.84. The number of nitro benzene ring substituents is 1. The zero-order valence-electron chi connectivity index (χ0n) is 18.5. The van der Waals surface area contributed by atoms with Crippen molar-refractivity contribution in [2.75, 3.05) is 32.8 Å². The highest BCUT2D eigenvalue weighted by Crippen LogP contribution is 2.16. The molecule has 31 heavy (non-hydrogen) atoms. The van der Waals surface area contributed by atoms with E-state index in [9.17, 15) is 18.5 Å². The Balaban J connectivity index is 0.00000900. The topological polar surface area (TPSA) is 135 Å². The Bertz CT molecular complexity index is 805. The molecule has 0 aliphatic heterocycles. The fourth-order valence-corrected chi connectivity index (χ4v) is 3.75. The summed E-state index contributed by atoms with van der Waals surface area (Å²) >= 11 is 0. The Morgan fingerprint density at radius 2 is 1.94 bits per heavy atom. The van der Waals surface area contributed by atoms with E-state index in [0.717, 1.165) is 12.5 Å². The van der Waals surface area contributed by atoms with Gasteiger partial charge in [0.1, 0.15) is 0 Å². The van der Waals surface area contributed by atoms with Crippen molar-refractivity contribution in [3.05, 3.63) is 34.4 Å². The van der Waals surface area contributed by atoms with E-state index in [0.29, 0.717) is 38.1 Å². The standard InChI is InChI=1S/C19H33N5O5S.HI/c1-5-20-19(21-11-10-18(15(3)4)29-6-2)22-12-13-23-30(27,28)17-9-7-8-16(14-17)24(25)26;/h7-9,14-15,18,23H,5-6,10-13H2,1-4H3,(H2,20,21,22);1H. The summed E-state index contributed by atoms with van der Waals surface area (Å²) in [5.41, 5.74) is -0.274. The lowest BCUT2D eigenvalue weighted by molar-refractivity contribution is -0.385. The molecule has 0 aromatic heterocycles. The van der Waals surface area contributed by atoms with E-state index < -0.39 is 14.9 Å². The predicted molar refractivity (Wildman–Crippen MR) is 133 cm³/mol. The van der Waals surface area contributed by atoms with Crippen LogP contribution in [0.1, 0.15) is 34.1 Å². The molecule has 0 aliphatic carbocycles. The van der Waals surface area contributed by atoms with E-state index >= 15 is 0 Å². The molecular formula is C19H34IN5O5S. The second kappa shape index (κ2) is 15.3. The van der Waals surface area contributed by atoms with Gasteiger partial charge in [-0.05, 0) is 32.3 Å². The number of aliphatic imine (C=N–C) groups is 1. The van der Waals surface area contributed by atoms with Crippen LogP contribution < -0.4 is 15.4 Å². The molecule has 1 rings (SSSR count). The molecule has 1 unspecified atom stereocenters. The largest absolute Gasteiger partial charge is 0.378 e. The van der Waals surface area contributed by atoms with Gasteiger partial charge >= 0.3 is 0 Å². The fourth-order valence-electron chi connectivity index (χ4n) is 2.68. The number of nitrogens with zero attached hydrogens (tertiary/aromatic N) is 2. The van der Waals surface area contributed by atoms with E-state index in [1.165, 1.54) is 18.2 Å². The number of sulfonamides is 1. The first-order valence-electron chi connectivity index (χ1n) is 10.1. The summed E-state index contributed by atoms with van der Waals surface area (Å²) in [4.78, 5) is 14.6. The number of nitro groups is 1. The van der Waals surface area contributed by atoms with Gasteiger partial charge in [-0.1, -0.05) is 19.9 Å². The van der Waals surface area contributed by atoms with Gasteiger partial charge in [0.2, 0.25) is 10.0 Å². The van der Waals surface area contributed by atoms with Gasteiger partial charge in [0.05, 0.1) is 15.9 Å². The van der Waals surface area contributed by atoms with E-state index in [1.807, 2.05) is 13.8 Å². The van der Waals surface area contributed by atoms with Crippen LogP contribution in [-0.2, 0) is 14.8 Å². The highest BCUT2D eigenvalue weighted by molar-refractivity contribution is 14.0. The molecule has 0 radical (unpaired) electrons. The molecule has 0 fully saturated rings. The molecule has 1 aromatic carbocycles. The minimum atomic E-state index is -3.84. The summed E-state index contributed by atoms with van der Waals surface area (Å²) < 4.78 is 32.8. The summed E-state index contributed by atoms with van der Waals surface area (Å²) in [6.07, 6.45) is 0.935. The van der Waals surface area contributed by atoms with Crippen LogP contribution in [0.25, 0.3) is 0 Å². The quantitative estimate of drug-likeness (QED) is 0.0827. The maximum Gasteiger partial charge on any atom is 0.270 e. The fraction of sp³-hybridized carbons (Fsp3) is 0.632. The zero-order chi connectivity index (χ0) is 22.6. The third-order valence-electron chi connectivity index (χ3n) is 4.20. The summed E-state index contributed by atoms with van der Waals surface area (Å²) in [5, 5.41) is 17.0. The van der Waals surface area contributed by atoms with Crippen LogP contribution in [0.2, 0.25) is 0 Å². The Morgan fingerprint density at radius 3 is 2.52 bits per heavy atom. The molecule has 0 heterocycles. The van der Waals surface area contributed by atoms with E-state index in [2.05, 4.69) is 34.2 Å². The zero-order valence-corrected chi connectivity index (χ0v) is 21.6. The van der Waals surface area contributed by atoms with E-state index in [1.54, 1.807) is 0 Å². The minimum absolute atomic E-state index is 0. The average molecular weight is 571 g/mol. The van der Waals surface area contributed by atoms with Crippen molar-refractivity contribution in [3.63, 3.8) is 0 Å². The van der Waals surface area contributed by atoms with Crippen molar-refractivity contribution >= 4 is 45.6 Å². The number of nitrogens with one attached hydrogen (secondary N) is 3. The summed E-state index contributed by atoms with van der Waals surface area (Å²) in [6, 6.07) is 4.94.